The van der Waals surface area contributed by atoms with Crippen molar-refractivity contribution in [2.24, 2.45) is 5.73 Å². The summed E-state index contributed by atoms with van der Waals surface area (Å²) in [7, 11) is 3.20. The van der Waals surface area contributed by atoms with Gasteiger partial charge in [0, 0.05) is 12.3 Å². The van der Waals surface area contributed by atoms with E-state index in [1.54, 1.807) is 32.2 Å². The zero-order valence-corrected chi connectivity index (χ0v) is 15.9. The number of rotatable bonds is 7. The van der Waals surface area contributed by atoms with E-state index in [0.717, 1.165) is 48.6 Å². The van der Waals surface area contributed by atoms with Crippen LogP contribution < -0.4 is 15.2 Å². The molecule has 1 aromatic heterocycles. The molecule has 0 bridgehead atoms. The van der Waals surface area contributed by atoms with Crippen LogP contribution in [0.15, 0.2) is 23.4 Å². The van der Waals surface area contributed by atoms with Crippen LogP contribution in [0.2, 0.25) is 0 Å². The van der Waals surface area contributed by atoms with Gasteiger partial charge >= 0.3 is 0 Å². The molecule has 2 aromatic rings. The highest BCUT2D eigenvalue weighted by Crippen LogP contribution is 2.34. The molecule has 1 fully saturated rings. The van der Waals surface area contributed by atoms with E-state index in [9.17, 15) is 4.79 Å². The summed E-state index contributed by atoms with van der Waals surface area (Å²) in [6.07, 6.45) is 4.80. The fourth-order valence-electron chi connectivity index (χ4n) is 3.29. The molecular formula is C18H24N4O3S. The van der Waals surface area contributed by atoms with Gasteiger partial charge in [-0.25, -0.2) is 4.98 Å². The van der Waals surface area contributed by atoms with Crippen LogP contribution in [0.25, 0.3) is 11.0 Å². The van der Waals surface area contributed by atoms with Gasteiger partial charge in [0.2, 0.25) is 5.91 Å². The average Bonchev–Trinajstić information content (AvgIpc) is 2.67. The second-order valence-corrected chi connectivity index (χ2v) is 7.29. The summed E-state index contributed by atoms with van der Waals surface area (Å²) in [5.41, 5.74) is 6.97. The number of primary amides is 1. The summed E-state index contributed by atoms with van der Waals surface area (Å²) in [6.45, 7) is 1.72. The van der Waals surface area contributed by atoms with Crippen molar-refractivity contribution in [2.75, 3.05) is 33.1 Å². The van der Waals surface area contributed by atoms with Gasteiger partial charge in [-0.05, 0) is 31.5 Å². The Labute approximate surface area is 157 Å². The summed E-state index contributed by atoms with van der Waals surface area (Å²) in [4.78, 5) is 22.9. The van der Waals surface area contributed by atoms with Gasteiger partial charge in [-0.1, -0.05) is 6.42 Å². The van der Waals surface area contributed by atoms with Crippen LogP contribution in [0, 0.1) is 0 Å². The molecule has 1 aliphatic rings. The number of piperidine rings is 1. The van der Waals surface area contributed by atoms with Crippen molar-refractivity contribution in [3.05, 3.63) is 18.3 Å². The zero-order valence-electron chi connectivity index (χ0n) is 15.1. The molecule has 0 aliphatic carbocycles. The number of nitrogens with two attached hydrogens (primary N) is 1. The van der Waals surface area contributed by atoms with Crippen LogP contribution in [0.1, 0.15) is 19.3 Å². The van der Waals surface area contributed by atoms with E-state index in [1.165, 1.54) is 0 Å². The van der Waals surface area contributed by atoms with Crippen molar-refractivity contribution in [1.82, 2.24) is 14.9 Å². The third-order valence-electron chi connectivity index (χ3n) is 4.60. The number of amides is 1. The van der Waals surface area contributed by atoms with Crippen LogP contribution in [-0.4, -0.2) is 59.9 Å². The molecule has 2 heterocycles. The molecule has 26 heavy (non-hydrogen) atoms. The molecule has 1 amide bonds. The highest BCUT2D eigenvalue weighted by atomic mass is 32.2. The SMILES string of the molecule is COc1ccc2ncc(SCCN3CCCCC3C(N)=O)nc2c1OC. The van der Waals surface area contributed by atoms with E-state index in [2.05, 4.69) is 14.9 Å². The molecule has 0 radical (unpaired) electrons. The Balaban J connectivity index is 1.70. The van der Waals surface area contributed by atoms with E-state index in [-0.39, 0.29) is 11.9 Å². The smallest absolute Gasteiger partial charge is 0.234 e. The van der Waals surface area contributed by atoms with Gasteiger partial charge in [-0.3, -0.25) is 14.7 Å². The number of ether oxygens (including phenoxy) is 2. The van der Waals surface area contributed by atoms with Crippen molar-refractivity contribution in [3.63, 3.8) is 0 Å². The minimum absolute atomic E-state index is 0.142. The average molecular weight is 376 g/mol. The summed E-state index contributed by atoms with van der Waals surface area (Å²) in [5, 5.41) is 0.816. The predicted molar refractivity (Wildman–Crippen MR) is 102 cm³/mol. The summed E-state index contributed by atoms with van der Waals surface area (Å²) in [5.74, 6) is 1.81. The number of benzene rings is 1. The van der Waals surface area contributed by atoms with Gasteiger partial charge in [0.15, 0.2) is 11.5 Å². The Hall–Kier alpha value is -2.06. The number of methoxy groups -OCH3 is 2. The quantitative estimate of drug-likeness (QED) is 0.740. The number of likely N-dealkylation sites (tertiary alicyclic amines) is 1. The van der Waals surface area contributed by atoms with E-state index >= 15 is 0 Å². The van der Waals surface area contributed by atoms with Crippen molar-refractivity contribution in [1.29, 1.82) is 0 Å². The maximum absolute atomic E-state index is 11.6. The van der Waals surface area contributed by atoms with Gasteiger partial charge in [-0.2, -0.15) is 0 Å². The Morgan fingerprint density at radius 2 is 2.19 bits per heavy atom. The molecule has 1 atom stereocenters. The van der Waals surface area contributed by atoms with E-state index in [0.29, 0.717) is 17.0 Å². The largest absolute Gasteiger partial charge is 0.493 e. The summed E-state index contributed by atoms with van der Waals surface area (Å²) >= 11 is 1.61. The van der Waals surface area contributed by atoms with Gasteiger partial charge < -0.3 is 15.2 Å². The lowest BCUT2D eigenvalue weighted by atomic mass is 10.0. The zero-order chi connectivity index (χ0) is 18.5. The molecule has 1 aromatic carbocycles. The van der Waals surface area contributed by atoms with E-state index in [1.807, 2.05) is 12.1 Å². The fourth-order valence-corrected chi connectivity index (χ4v) is 4.11. The monoisotopic (exact) mass is 376 g/mol. The number of carbonyl (C=O) groups excluding carboxylic acids is 1. The first-order chi connectivity index (χ1) is 12.6. The number of thioether (sulfide) groups is 1. The summed E-state index contributed by atoms with van der Waals surface area (Å²) in [6, 6.07) is 3.54. The molecule has 140 valence electrons. The first-order valence-corrected chi connectivity index (χ1v) is 9.66. The van der Waals surface area contributed by atoms with Crippen molar-refractivity contribution in [2.45, 2.75) is 30.3 Å². The molecule has 8 heteroatoms. The van der Waals surface area contributed by atoms with Crippen molar-refractivity contribution < 1.29 is 14.3 Å². The first-order valence-electron chi connectivity index (χ1n) is 8.68. The lowest BCUT2D eigenvalue weighted by Gasteiger charge is -2.33. The third-order valence-corrected chi connectivity index (χ3v) is 5.48. The number of hydrogen-bond donors (Lipinski definition) is 1. The number of aromatic nitrogens is 2. The molecular weight excluding hydrogens is 352 g/mol. The first kappa shape index (κ1) is 18.7. The Kier molecular flexibility index (Phi) is 6.16. The standard InChI is InChI=1S/C18H24N4O3S/c1-24-14-7-6-12-16(17(14)25-2)21-15(11-20-12)26-10-9-22-8-4-3-5-13(22)18(19)23/h6-7,11,13H,3-5,8-10H2,1-2H3,(H2,19,23). The number of fused-ring (bicyclic) bond motifs is 1. The van der Waals surface area contributed by atoms with E-state index < -0.39 is 0 Å². The fraction of sp³-hybridized carbons (Fsp3) is 0.500. The van der Waals surface area contributed by atoms with Gasteiger partial charge in [0.25, 0.3) is 0 Å². The predicted octanol–water partition coefficient (Wildman–Crippen LogP) is 2.08. The minimum atomic E-state index is -0.225. The molecule has 2 N–H and O–H groups in total. The number of nitrogens with zero attached hydrogens (tertiary/aromatic N) is 3. The van der Waals surface area contributed by atoms with Gasteiger partial charge in [-0.15, -0.1) is 11.8 Å². The molecule has 1 aliphatic heterocycles. The van der Waals surface area contributed by atoms with Crippen molar-refractivity contribution in [3.8, 4) is 11.5 Å². The Morgan fingerprint density at radius 3 is 2.92 bits per heavy atom. The lowest BCUT2D eigenvalue weighted by Crippen LogP contribution is -2.48. The van der Waals surface area contributed by atoms with Crippen LogP contribution in [0.5, 0.6) is 11.5 Å². The van der Waals surface area contributed by atoms with Gasteiger partial charge in [0.05, 0.1) is 32.0 Å². The highest BCUT2D eigenvalue weighted by Gasteiger charge is 2.26. The van der Waals surface area contributed by atoms with Crippen LogP contribution >= 0.6 is 11.8 Å². The molecule has 3 rings (SSSR count). The molecule has 0 saturated carbocycles. The summed E-state index contributed by atoms with van der Waals surface area (Å²) < 4.78 is 10.8. The van der Waals surface area contributed by atoms with Gasteiger partial charge in [0.1, 0.15) is 10.5 Å². The number of carbonyl (C=O) groups is 1. The molecule has 1 unspecified atom stereocenters. The van der Waals surface area contributed by atoms with Crippen molar-refractivity contribution >= 4 is 28.7 Å². The Morgan fingerprint density at radius 1 is 1.35 bits per heavy atom. The number of hydrogen-bond acceptors (Lipinski definition) is 7. The van der Waals surface area contributed by atoms with E-state index in [4.69, 9.17) is 15.2 Å². The highest BCUT2D eigenvalue weighted by molar-refractivity contribution is 7.99. The molecule has 0 spiro atoms. The minimum Gasteiger partial charge on any atom is -0.493 e. The lowest BCUT2D eigenvalue weighted by molar-refractivity contribution is -0.124. The maximum Gasteiger partial charge on any atom is 0.234 e. The topological polar surface area (TPSA) is 90.6 Å². The normalized spacial score (nSPS) is 18.0. The van der Waals surface area contributed by atoms with Crippen LogP contribution in [-0.2, 0) is 4.79 Å². The maximum atomic E-state index is 11.6. The van der Waals surface area contributed by atoms with Crippen LogP contribution in [0.4, 0.5) is 0 Å². The second kappa shape index (κ2) is 8.55. The molecule has 7 nitrogen and oxygen atoms in total. The third kappa shape index (κ3) is 4.02. The van der Waals surface area contributed by atoms with Crippen LogP contribution in [0.3, 0.4) is 0 Å². The Bertz CT molecular complexity index is 786. The second-order valence-electron chi connectivity index (χ2n) is 6.18. The molecule has 1 saturated heterocycles.